The predicted octanol–water partition coefficient (Wildman–Crippen LogP) is 4.41. The van der Waals surface area contributed by atoms with Crippen molar-refractivity contribution in [1.29, 1.82) is 0 Å². The Balaban J connectivity index is 1.64. The molecule has 4 heteroatoms. The van der Waals surface area contributed by atoms with Crippen LogP contribution < -0.4 is 4.74 Å². The lowest BCUT2D eigenvalue weighted by atomic mass is 10.1. The highest BCUT2D eigenvalue weighted by molar-refractivity contribution is 5.98. The molecule has 0 aliphatic carbocycles. The Labute approximate surface area is 147 Å². The van der Waals surface area contributed by atoms with Gasteiger partial charge in [-0.05, 0) is 30.2 Å². The van der Waals surface area contributed by atoms with E-state index in [1.165, 1.54) is 0 Å². The van der Waals surface area contributed by atoms with Gasteiger partial charge in [0.25, 0.3) is 5.91 Å². The molecular formula is C21H21NO3. The molecule has 1 aromatic heterocycles. The van der Waals surface area contributed by atoms with Gasteiger partial charge in [-0.2, -0.15) is 0 Å². The third kappa shape index (κ3) is 3.91. The van der Waals surface area contributed by atoms with E-state index < -0.39 is 0 Å². The molecule has 2 aromatic carbocycles. The van der Waals surface area contributed by atoms with Gasteiger partial charge in [0.15, 0.2) is 5.76 Å². The Kier molecular flexibility index (Phi) is 5.19. The molecule has 0 aliphatic heterocycles. The fourth-order valence-electron chi connectivity index (χ4n) is 2.61. The molecule has 3 rings (SSSR count). The van der Waals surface area contributed by atoms with Crippen LogP contribution in [0.1, 0.15) is 16.1 Å². The summed E-state index contributed by atoms with van der Waals surface area (Å²) in [5.74, 6) is 1.04. The molecule has 0 fully saturated rings. The average molecular weight is 335 g/mol. The van der Waals surface area contributed by atoms with E-state index in [0.29, 0.717) is 18.9 Å². The van der Waals surface area contributed by atoms with E-state index in [1.807, 2.05) is 67.6 Å². The van der Waals surface area contributed by atoms with Crippen LogP contribution in [0.15, 0.2) is 71.3 Å². The minimum atomic E-state index is -0.155. The van der Waals surface area contributed by atoms with Crippen molar-refractivity contribution in [1.82, 2.24) is 4.90 Å². The van der Waals surface area contributed by atoms with Crippen molar-refractivity contribution in [2.45, 2.75) is 6.92 Å². The summed E-state index contributed by atoms with van der Waals surface area (Å²) in [5, 5.41) is 0. The minimum Gasteiger partial charge on any atom is -0.491 e. The first-order chi connectivity index (χ1) is 12.2. The van der Waals surface area contributed by atoms with E-state index >= 15 is 0 Å². The summed E-state index contributed by atoms with van der Waals surface area (Å²) in [4.78, 5) is 14.3. The fourth-order valence-corrected chi connectivity index (χ4v) is 2.61. The molecule has 3 aromatic rings. The first-order valence-corrected chi connectivity index (χ1v) is 8.23. The largest absolute Gasteiger partial charge is 0.491 e. The van der Waals surface area contributed by atoms with Gasteiger partial charge in [-0.3, -0.25) is 4.79 Å². The predicted molar refractivity (Wildman–Crippen MR) is 97.8 cm³/mol. The lowest BCUT2D eigenvalue weighted by molar-refractivity contribution is 0.0743. The Morgan fingerprint density at radius 3 is 2.52 bits per heavy atom. The molecule has 4 nitrogen and oxygen atoms in total. The second kappa shape index (κ2) is 7.71. The monoisotopic (exact) mass is 335 g/mol. The number of aryl methyl sites for hydroxylation is 1. The van der Waals surface area contributed by atoms with Gasteiger partial charge >= 0.3 is 0 Å². The number of likely N-dealkylation sites (N-methyl/N-ethyl adjacent to an activating group) is 1. The maximum absolute atomic E-state index is 12.7. The third-order valence-electron chi connectivity index (χ3n) is 4.07. The molecule has 0 saturated heterocycles. The summed E-state index contributed by atoms with van der Waals surface area (Å²) >= 11 is 0. The number of carbonyl (C=O) groups is 1. The van der Waals surface area contributed by atoms with E-state index in [2.05, 4.69) is 0 Å². The number of para-hydroxylation sites is 1. The van der Waals surface area contributed by atoms with Crippen LogP contribution in [0.5, 0.6) is 5.75 Å². The average Bonchev–Trinajstić information content (AvgIpc) is 3.13. The molecule has 1 amide bonds. The maximum atomic E-state index is 12.7. The Bertz CT molecular complexity index is 839. The summed E-state index contributed by atoms with van der Waals surface area (Å²) in [5.41, 5.74) is 2.84. The number of rotatable bonds is 6. The molecule has 0 bridgehead atoms. The quantitative estimate of drug-likeness (QED) is 0.670. The van der Waals surface area contributed by atoms with Gasteiger partial charge < -0.3 is 14.1 Å². The van der Waals surface area contributed by atoms with Gasteiger partial charge in [-0.15, -0.1) is 0 Å². The second-order valence-corrected chi connectivity index (χ2v) is 5.87. The van der Waals surface area contributed by atoms with Crippen molar-refractivity contribution >= 4 is 5.91 Å². The Morgan fingerprint density at radius 1 is 1.04 bits per heavy atom. The maximum Gasteiger partial charge on any atom is 0.290 e. The van der Waals surface area contributed by atoms with E-state index in [1.54, 1.807) is 18.2 Å². The standard InChI is InChI=1S/C21H21NO3/c1-16-8-6-7-11-19(16)24-15-13-22(2)21(23)20-18(12-14-25-20)17-9-4-3-5-10-17/h3-12,14H,13,15H2,1-2H3. The number of amides is 1. The minimum absolute atomic E-state index is 0.155. The third-order valence-corrected chi connectivity index (χ3v) is 4.07. The van der Waals surface area contributed by atoms with Crippen molar-refractivity contribution in [2.75, 3.05) is 20.2 Å². The Morgan fingerprint density at radius 2 is 1.76 bits per heavy atom. The van der Waals surface area contributed by atoms with Crippen LogP contribution in [0.25, 0.3) is 11.1 Å². The van der Waals surface area contributed by atoms with Gasteiger partial charge in [-0.1, -0.05) is 48.5 Å². The fraction of sp³-hybridized carbons (Fsp3) is 0.190. The zero-order valence-electron chi connectivity index (χ0n) is 14.4. The normalized spacial score (nSPS) is 10.5. The van der Waals surface area contributed by atoms with Gasteiger partial charge in [0.05, 0.1) is 12.8 Å². The molecular weight excluding hydrogens is 314 g/mol. The lowest BCUT2D eigenvalue weighted by Crippen LogP contribution is -2.31. The number of benzene rings is 2. The molecule has 0 spiro atoms. The van der Waals surface area contributed by atoms with Crippen molar-refractivity contribution in [2.24, 2.45) is 0 Å². The van der Waals surface area contributed by atoms with Crippen molar-refractivity contribution < 1.29 is 13.9 Å². The highest BCUT2D eigenvalue weighted by Gasteiger charge is 2.20. The van der Waals surface area contributed by atoms with Gasteiger partial charge in [-0.25, -0.2) is 0 Å². The summed E-state index contributed by atoms with van der Waals surface area (Å²) in [6.45, 7) is 2.90. The van der Waals surface area contributed by atoms with Gasteiger partial charge in [0, 0.05) is 12.6 Å². The van der Waals surface area contributed by atoms with Crippen LogP contribution in [-0.4, -0.2) is 31.0 Å². The van der Waals surface area contributed by atoms with Crippen LogP contribution >= 0.6 is 0 Å². The Hall–Kier alpha value is -3.01. The number of ether oxygens (including phenoxy) is 1. The first kappa shape index (κ1) is 16.8. The van der Waals surface area contributed by atoms with E-state index in [0.717, 1.165) is 22.4 Å². The van der Waals surface area contributed by atoms with Crippen molar-refractivity contribution in [3.05, 3.63) is 78.3 Å². The number of hydrogen-bond acceptors (Lipinski definition) is 3. The highest BCUT2D eigenvalue weighted by atomic mass is 16.5. The van der Waals surface area contributed by atoms with Gasteiger partial charge in [0.1, 0.15) is 12.4 Å². The summed E-state index contributed by atoms with van der Waals surface area (Å²) < 4.78 is 11.2. The molecule has 0 radical (unpaired) electrons. The van der Waals surface area contributed by atoms with Crippen LogP contribution in [0.3, 0.4) is 0 Å². The number of hydrogen-bond donors (Lipinski definition) is 0. The number of nitrogens with zero attached hydrogens (tertiary/aromatic N) is 1. The van der Waals surface area contributed by atoms with E-state index in [-0.39, 0.29) is 5.91 Å². The zero-order valence-corrected chi connectivity index (χ0v) is 14.4. The molecule has 0 atom stereocenters. The molecule has 0 aliphatic rings. The smallest absolute Gasteiger partial charge is 0.290 e. The zero-order chi connectivity index (χ0) is 17.6. The summed E-state index contributed by atoms with van der Waals surface area (Å²) in [6, 6.07) is 19.4. The van der Waals surface area contributed by atoms with Crippen LogP contribution in [-0.2, 0) is 0 Å². The lowest BCUT2D eigenvalue weighted by Gasteiger charge is -2.17. The van der Waals surface area contributed by atoms with Crippen LogP contribution in [0.4, 0.5) is 0 Å². The second-order valence-electron chi connectivity index (χ2n) is 5.87. The SMILES string of the molecule is Cc1ccccc1OCCN(C)C(=O)c1occc1-c1ccccc1. The van der Waals surface area contributed by atoms with Crippen molar-refractivity contribution in [3.63, 3.8) is 0 Å². The molecule has 25 heavy (non-hydrogen) atoms. The molecule has 1 heterocycles. The molecule has 0 N–H and O–H groups in total. The summed E-state index contributed by atoms with van der Waals surface area (Å²) in [6.07, 6.45) is 1.55. The van der Waals surface area contributed by atoms with Crippen LogP contribution in [0, 0.1) is 6.92 Å². The van der Waals surface area contributed by atoms with Crippen LogP contribution in [0.2, 0.25) is 0 Å². The van der Waals surface area contributed by atoms with E-state index in [9.17, 15) is 4.79 Å². The summed E-state index contributed by atoms with van der Waals surface area (Å²) in [7, 11) is 1.75. The van der Waals surface area contributed by atoms with Crippen molar-refractivity contribution in [3.8, 4) is 16.9 Å². The topological polar surface area (TPSA) is 42.7 Å². The molecule has 0 unspecified atom stereocenters. The first-order valence-electron chi connectivity index (χ1n) is 8.23. The molecule has 128 valence electrons. The number of carbonyl (C=O) groups excluding carboxylic acids is 1. The van der Waals surface area contributed by atoms with Gasteiger partial charge in [0.2, 0.25) is 0 Å². The highest BCUT2D eigenvalue weighted by Crippen LogP contribution is 2.25. The molecule has 0 saturated carbocycles. The number of furan rings is 1. The van der Waals surface area contributed by atoms with E-state index in [4.69, 9.17) is 9.15 Å².